The monoisotopic (exact) mass is 666 g/mol. The summed E-state index contributed by atoms with van der Waals surface area (Å²) in [6.07, 6.45) is 6.80. The molecule has 5 aliphatic carbocycles. The van der Waals surface area contributed by atoms with Crippen molar-refractivity contribution in [3.63, 3.8) is 0 Å². The van der Waals surface area contributed by atoms with Gasteiger partial charge in [-0.2, -0.15) is 0 Å². The van der Waals surface area contributed by atoms with Crippen molar-refractivity contribution in [3.8, 4) is 55.9 Å². The molecule has 4 bridgehead atoms. The van der Waals surface area contributed by atoms with Gasteiger partial charge in [0.2, 0.25) is 0 Å². The van der Waals surface area contributed by atoms with E-state index in [2.05, 4.69) is 144 Å². The Hall–Kier alpha value is -5.78. The van der Waals surface area contributed by atoms with Gasteiger partial charge in [-0.05, 0) is 141 Å². The Bertz CT molecular complexity index is 2510. The second-order valence-corrected chi connectivity index (χ2v) is 15.9. The van der Waals surface area contributed by atoms with Gasteiger partial charge in [-0.1, -0.05) is 115 Å². The van der Waals surface area contributed by atoms with Crippen molar-refractivity contribution in [3.05, 3.63) is 168 Å². The molecule has 0 amide bonds. The average molecular weight is 667 g/mol. The van der Waals surface area contributed by atoms with E-state index in [9.17, 15) is 0 Å². The van der Waals surface area contributed by atoms with Crippen molar-refractivity contribution in [2.75, 3.05) is 0 Å². The second kappa shape index (κ2) is 11.4. The number of hydrogen-bond acceptors (Lipinski definition) is 1. The standard InChI is InChI=1S/C50H38N2/c1-51-46-14-8-13-44-49(46)43-20-19-39(28-45(43)50(44)41-22-31-21-32(24-41)25-42(50)23-31)37-16-15-36-27-38(18-17-35(36)26-37)40-29-47(33-9-4-2-5-10-33)52-48(30-40)34-11-6-3-7-12-34/h2-20,26-32,41-42H,21-25H2. The lowest BCUT2D eigenvalue weighted by molar-refractivity contribution is -0.0399. The van der Waals surface area contributed by atoms with Gasteiger partial charge in [0, 0.05) is 16.5 Å². The van der Waals surface area contributed by atoms with Crippen LogP contribution in [0, 0.1) is 30.2 Å². The zero-order valence-electron chi connectivity index (χ0n) is 29.1. The maximum absolute atomic E-state index is 8.10. The van der Waals surface area contributed by atoms with Crippen molar-refractivity contribution < 1.29 is 0 Å². The van der Waals surface area contributed by atoms with Crippen LogP contribution in [0.3, 0.4) is 0 Å². The maximum atomic E-state index is 8.10. The smallest absolute Gasteiger partial charge is 0.195 e. The summed E-state index contributed by atoms with van der Waals surface area (Å²) in [5.74, 6) is 3.13. The van der Waals surface area contributed by atoms with Gasteiger partial charge in [0.05, 0.1) is 18.0 Å². The maximum Gasteiger partial charge on any atom is 0.195 e. The van der Waals surface area contributed by atoms with Gasteiger partial charge >= 0.3 is 0 Å². The van der Waals surface area contributed by atoms with Crippen molar-refractivity contribution in [2.45, 2.75) is 37.5 Å². The first-order chi connectivity index (χ1) is 25.7. The summed E-state index contributed by atoms with van der Waals surface area (Å²) in [5, 5.41) is 2.47. The number of hydrogen-bond donors (Lipinski definition) is 0. The summed E-state index contributed by atoms with van der Waals surface area (Å²) in [5.41, 5.74) is 15.4. The normalized spacial score (nSPS) is 23.4. The van der Waals surface area contributed by atoms with Crippen molar-refractivity contribution in [1.29, 1.82) is 0 Å². The van der Waals surface area contributed by atoms with Crippen LogP contribution in [0.25, 0.3) is 71.5 Å². The van der Waals surface area contributed by atoms with E-state index in [1.54, 1.807) is 0 Å². The summed E-state index contributed by atoms with van der Waals surface area (Å²) in [6, 6.07) is 53.0. The van der Waals surface area contributed by atoms with Crippen LogP contribution in [0.4, 0.5) is 5.69 Å². The van der Waals surface area contributed by atoms with Crippen LogP contribution < -0.4 is 0 Å². The number of fused-ring (bicyclic) bond motifs is 4. The molecule has 1 aromatic heterocycles. The predicted octanol–water partition coefficient (Wildman–Crippen LogP) is 13.2. The zero-order valence-corrected chi connectivity index (χ0v) is 29.1. The Morgan fingerprint density at radius 3 is 1.63 bits per heavy atom. The van der Waals surface area contributed by atoms with Gasteiger partial charge in [0.25, 0.3) is 0 Å². The third-order valence-corrected chi connectivity index (χ3v) is 13.2. The molecule has 0 saturated heterocycles. The highest BCUT2D eigenvalue weighted by atomic mass is 14.7. The van der Waals surface area contributed by atoms with E-state index in [-0.39, 0.29) is 5.41 Å². The third-order valence-electron chi connectivity index (χ3n) is 13.2. The molecule has 12 rings (SSSR count). The molecule has 1 heterocycles. The van der Waals surface area contributed by atoms with E-state index in [1.165, 1.54) is 81.8 Å². The number of aromatic nitrogens is 1. The van der Waals surface area contributed by atoms with Crippen molar-refractivity contribution in [2.24, 2.45) is 23.7 Å². The number of benzene rings is 6. The number of rotatable bonds is 4. The molecule has 52 heavy (non-hydrogen) atoms. The van der Waals surface area contributed by atoms with Crippen LogP contribution in [-0.2, 0) is 5.41 Å². The lowest BCUT2D eigenvalue weighted by Gasteiger charge is -2.61. The first-order valence-electron chi connectivity index (χ1n) is 19.0. The molecule has 0 atom stereocenters. The van der Waals surface area contributed by atoms with E-state index in [4.69, 9.17) is 11.6 Å². The van der Waals surface area contributed by atoms with E-state index in [0.717, 1.165) is 45.6 Å². The molecule has 2 heteroatoms. The minimum absolute atomic E-state index is 0.0439. The molecular formula is C50H38N2. The highest BCUT2D eigenvalue weighted by Gasteiger charge is 2.61. The lowest BCUT2D eigenvalue weighted by atomic mass is 9.43. The first-order valence-corrected chi connectivity index (χ1v) is 19.0. The van der Waals surface area contributed by atoms with Gasteiger partial charge in [0.1, 0.15) is 0 Å². The summed E-state index contributed by atoms with van der Waals surface area (Å²) in [7, 11) is 0. The van der Waals surface area contributed by atoms with E-state index >= 15 is 0 Å². The highest BCUT2D eigenvalue weighted by Crippen LogP contribution is 2.70. The second-order valence-electron chi connectivity index (χ2n) is 15.9. The van der Waals surface area contributed by atoms with Crippen LogP contribution in [0.1, 0.15) is 43.2 Å². The molecule has 4 fully saturated rings. The van der Waals surface area contributed by atoms with Crippen LogP contribution in [0.2, 0.25) is 0 Å². The van der Waals surface area contributed by atoms with Crippen molar-refractivity contribution >= 4 is 16.5 Å². The Morgan fingerprint density at radius 2 is 1.04 bits per heavy atom. The molecule has 0 aliphatic heterocycles. The zero-order chi connectivity index (χ0) is 34.4. The van der Waals surface area contributed by atoms with Gasteiger partial charge < -0.3 is 0 Å². The molecule has 7 aromatic rings. The number of pyridine rings is 1. The summed E-state index contributed by atoms with van der Waals surface area (Å²) in [6.45, 7) is 8.10. The fourth-order valence-corrected chi connectivity index (χ4v) is 11.3. The van der Waals surface area contributed by atoms with E-state index in [0.29, 0.717) is 11.8 Å². The molecule has 4 saturated carbocycles. The van der Waals surface area contributed by atoms with Gasteiger partial charge in [0.15, 0.2) is 5.69 Å². The molecule has 0 N–H and O–H groups in total. The largest absolute Gasteiger partial charge is 0.248 e. The van der Waals surface area contributed by atoms with Crippen LogP contribution >= 0.6 is 0 Å². The molecule has 0 unspecified atom stereocenters. The Morgan fingerprint density at radius 1 is 0.481 bits per heavy atom. The Balaban J connectivity index is 1.00. The molecular weight excluding hydrogens is 629 g/mol. The van der Waals surface area contributed by atoms with Crippen LogP contribution in [0.15, 0.2) is 146 Å². The summed E-state index contributed by atoms with van der Waals surface area (Å²) >= 11 is 0. The Kier molecular flexibility index (Phi) is 6.53. The predicted molar refractivity (Wildman–Crippen MR) is 213 cm³/mol. The fraction of sp³-hybridized carbons (Fsp3) is 0.200. The fourth-order valence-electron chi connectivity index (χ4n) is 11.3. The van der Waals surface area contributed by atoms with Gasteiger partial charge in [-0.15, -0.1) is 0 Å². The van der Waals surface area contributed by atoms with E-state index in [1.807, 2.05) is 6.07 Å². The summed E-state index contributed by atoms with van der Waals surface area (Å²) < 4.78 is 0. The Labute approximate surface area is 305 Å². The molecule has 5 aliphatic rings. The minimum atomic E-state index is 0.0439. The average Bonchev–Trinajstić information content (AvgIpc) is 3.50. The molecule has 2 nitrogen and oxygen atoms in total. The SMILES string of the molecule is [C-]#[N+]c1cccc2c1-c1ccc(-c3ccc4cc(-c5cc(-c6ccccc6)nc(-c6ccccc6)c5)ccc4c3)cc1C21C2CC3CC(C2)CC1C3. The van der Waals surface area contributed by atoms with Crippen LogP contribution in [-0.4, -0.2) is 4.98 Å². The summed E-state index contributed by atoms with van der Waals surface area (Å²) in [4.78, 5) is 9.16. The molecule has 0 radical (unpaired) electrons. The molecule has 6 aromatic carbocycles. The van der Waals surface area contributed by atoms with Crippen LogP contribution in [0.5, 0.6) is 0 Å². The van der Waals surface area contributed by atoms with E-state index < -0.39 is 0 Å². The number of nitrogens with zero attached hydrogens (tertiary/aromatic N) is 2. The van der Waals surface area contributed by atoms with Gasteiger partial charge in [-0.25, -0.2) is 9.83 Å². The highest BCUT2D eigenvalue weighted by molar-refractivity contribution is 5.94. The molecule has 1 spiro atoms. The third kappa shape index (κ3) is 4.39. The quantitative estimate of drug-likeness (QED) is 0.171. The minimum Gasteiger partial charge on any atom is -0.248 e. The topological polar surface area (TPSA) is 17.2 Å². The van der Waals surface area contributed by atoms with Gasteiger partial charge in [-0.3, -0.25) is 0 Å². The first kappa shape index (κ1) is 29.9. The lowest BCUT2D eigenvalue weighted by Crippen LogP contribution is -2.55. The van der Waals surface area contributed by atoms with Crippen molar-refractivity contribution in [1.82, 2.24) is 4.98 Å². The molecule has 248 valence electrons.